The molecule has 1 aliphatic rings. The Hall–Kier alpha value is -2.83. The van der Waals surface area contributed by atoms with Gasteiger partial charge in [0.05, 0.1) is 0 Å². The first-order valence-electron chi connectivity index (χ1n) is 8.97. The van der Waals surface area contributed by atoms with Gasteiger partial charge in [-0.15, -0.1) is 0 Å². The molecule has 1 heterocycles. The van der Waals surface area contributed by atoms with E-state index in [-0.39, 0.29) is 17.7 Å². The zero-order valence-corrected chi connectivity index (χ0v) is 16.1. The third-order valence-electron chi connectivity index (χ3n) is 4.09. The van der Waals surface area contributed by atoms with Crippen molar-refractivity contribution in [2.75, 3.05) is 25.0 Å². The number of rotatable bonds is 5. The summed E-state index contributed by atoms with van der Waals surface area (Å²) in [6, 6.07) is 6.75. The molecule has 0 saturated carbocycles. The van der Waals surface area contributed by atoms with Crippen molar-refractivity contribution in [1.29, 1.82) is 0 Å². The molecule has 1 aliphatic heterocycles. The van der Waals surface area contributed by atoms with Crippen molar-refractivity contribution in [2.45, 2.75) is 32.8 Å². The van der Waals surface area contributed by atoms with E-state index >= 15 is 0 Å². The van der Waals surface area contributed by atoms with E-state index in [1.807, 2.05) is 20.8 Å². The molecule has 1 unspecified atom stereocenters. The second kappa shape index (κ2) is 8.70. The first kappa shape index (κ1) is 20.5. The Morgan fingerprint density at radius 3 is 2.52 bits per heavy atom. The summed E-state index contributed by atoms with van der Waals surface area (Å²) < 4.78 is 5.22. The number of amides is 3. The summed E-state index contributed by atoms with van der Waals surface area (Å²) in [6.45, 7) is 10.6. The van der Waals surface area contributed by atoms with Crippen LogP contribution in [0.1, 0.15) is 37.6 Å². The smallest absolute Gasteiger partial charge is 0.407 e. The molecule has 7 heteroatoms. The van der Waals surface area contributed by atoms with Gasteiger partial charge in [-0.2, -0.15) is 0 Å². The maximum atomic E-state index is 12.6. The lowest BCUT2D eigenvalue weighted by Gasteiger charge is -2.21. The predicted molar refractivity (Wildman–Crippen MR) is 104 cm³/mol. The van der Waals surface area contributed by atoms with Crippen LogP contribution in [0, 0.1) is 5.92 Å². The molecule has 1 aromatic rings. The summed E-state index contributed by atoms with van der Waals surface area (Å²) in [4.78, 5) is 37.4. The molecule has 1 fully saturated rings. The largest absolute Gasteiger partial charge is 0.444 e. The molecule has 0 bridgehead atoms. The molecule has 1 saturated heterocycles. The fourth-order valence-corrected chi connectivity index (χ4v) is 2.80. The standard InChI is InChI=1S/C20H27N3O4/c1-5-17(24)22-16-8-6-15(7-9-16)18(25)23-11-10-14(13-23)12-21-19(26)27-20(2,3)4/h5-9,14H,1,10-13H2,2-4H3,(H,21,26)(H,22,24). The molecular weight excluding hydrogens is 346 g/mol. The molecule has 1 aromatic carbocycles. The van der Waals surface area contributed by atoms with E-state index in [1.54, 1.807) is 29.2 Å². The number of nitrogens with zero attached hydrogens (tertiary/aromatic N) is 1. The monoisotopic (exact) mass is 373 g/mol. The highest BCUT2D eigenvalue weighted by atomic mass is 16.6. The molecule has 0 aromatic heterocycles. The van der Waals surface area contributed by atoms with Crippen molar-refractivity contribution >= 4 is 23.6 Å². The Bertz CT molecular complexity index is 707. The lowest BCUT2D eigenvalue weighted by molar-refractivity contribution is -0.111. The van der Waals surface area contributed by atoms with E-state index < -0.39 is 11.7 Å². The van der Waals surface area contributed by atoms with Gasteiger partial charge in [0, 0.05) is 30.9 Å². The number of hydrogen-bond acceptors (Lipinski definition) is 4. The first-order chi connectivity index (χ1) is 12.7. The molecule has 2 rings (SSSR count). The van der Waals surface area contributed by atoms with Crippen LogP contribution in [0.2, 0.25) is 0 Å². The Morgan fingerprint density at radius 1 is 1.26 bits per heavy atom. The van der Waals surface area contributed by atoms with Crippen LogP contribution in [0.3, 0.4) is 0 Å². The average Bonchev–Trinajstić information content (AvgIpc) is 3.07. The van der Waals surface area contributed by atoms with E-state index in [0.717, 1.165) is 6.42 Å². The van der Waals surface area contributed by atoms with Crippen LogP contribution < -0.4 is 10.6 Å². The molecule has 0 aliphatic carbocycles. The van der Waals surface area contributed by atoms with Gasteiger partial charge in [0.2, 0.25) is 5.91 Å². The number of benzene rings is 1. The van der Waals surface area contributed by atoms with Gasteiger partial charge in [-0.05, 0) is 63.5 Å². The molecule has 3 amide bonds. The summed E-state index contributed by atoms with van der Waals surface area (Å²) in [5.74, 6) is -0.155. The number of likely N-dealkylation sites (tertiary alicyclic amines) is 1. The number of hydrogen-bond donors (Lipinski definition) is 2. The summed E-state index contributed by atoms with van der Waals surface area (Å²) in [5, 5.41) is 5.41. The normalized spacial score (nSPS) is 16.6. The van der Waals surface area contributed by atoms with Crippen molar-refractivity contribution in [3.05, 3.63) is 42.5 Å². The zero-order valence-electron chi connectivity index (χ0n) is 16.1. The lowest BCUT2D eigenvalue weighted by Crippen LogP contribution is -2.36. The van der Waals surface area contributed by atoms with Crippen molar-refractivity contribution in [2.24, 2.45) is 5.92 Å². The van der Waals surface area contributed by atoms with Gasteiger partial charge >= 0.3 is 6.09 Å². The van der Waals surface area contributed by atoms with Gasteiger partial charge in [-0.3, -0.25) is 9.59 Å². The van der Waals surface area contributed by atoms with Crippen LogP contribution in [-0.2, 0) is 9.53 Å². The van der Waals surface area contributed by atoms with Gasteiger partial charge in [0.15, 0.2) is 0 Å². The Morgan fingerprint density at radius 2 is 1.93 bits per heavy atom. The lowest BCUT2D eigenvalue weighted by atomic mass is 10.1. The van der Waals surface area contributed by atoms with Crippen LogP contribution >= 0.6 is 0 Å². The van der Waals surface area contributed by atoms with Crippen molar-refractivity contribution in [3.63, 3.8) is 0 Å². The molecule has 0 spiro atoms. The summed E-state index contributed by atoms with van der Waals surface area (Å²) in [6.07, 6.45) is 1.58. The van der Waals surface area contributed by atoms with Crippen LogP contribution in [0.5, 0.6) is 0 Å². The number of anilines is 1. The second-order valence-electron chi connectivity index (χ2n) is 7.56. The van der Waals surface area contributed by atoms with Gasteiger partial charge in [0.1, 0.15) is 5.60 Å². The van der Waals surface area contributed by atoms with Crippen LogP contribution in [0.4, 0.5) is 10.5 Å². The number of carbonyl (C=O) groups is 3. The topological polar surface area (TPSA) is 87.7 Å². The minimum absolute atomic E-state index is 0.0589. The van der Waals surface area contributed by atoms with E-state index in [2.05, 4.69) is 17.2 Å². The predicted octanol–water partition coefficient (Wildman–Crippen LogP) is 2.80. The molecule has 1 atom stereocenters. The summed E-state index contributed by atoms with van der Waals surface area (Å²) in [5.41, 5.74) is 0.642. The number of alkyl carbamates (subject to hydrolysis) is 1. The van der Waals surface area contributed by atoms with E-state index in [0.29, 0.717) is 30.9 Å². The van der Waals surface area contributed by atoms with E-state index in [1.165, 1.54) is 6.08 Å². The average molecular weight is 373 g/mol. The Labute approximate surface area is 159 Å². The highest BCUT2D eigenvalue weighted by Crippen LogP contribution is 2.19. The highest BCUT2D eigenvalue weighted by Gasteiger charge is 2.27. The fraction of sp³-hybridized carbons (Fsp3) is 0.450. The molecule has 146 valence electrons. The van der Waals surface area contributed by atoms with Gasteiger partial charge in [-0.1, -0.05) is 6.58 Å². The van der Waals surface area contributed by atoms with Gasteiger partial charge in [-0.25, -0.2) is 4.79 Å². The van der Waals surface area contributed by atoms with Gasteiger partial charge < -0.3 is 20.3 Å². The zero-order chi connectivity index (χ0) is 20.0. The fourth-order valence-electron chi connectivity index (χ4n) is 2.80. The minimum atomic E-state index is -0.529. The van der Waals surface area contributed by atoms with E-state index in [9.17, 15) is 14.4 Å². The summed E-state index contributed by atoms with van der Waals surface area (Å²) >= 11 is 0. The summed E-state index contributed by atoms with van der Waals surface area (Å²) in [7, 11) is 0. The highest BCUT2D eigenvalue weighted by molar-refractivity contribution is 5.99. The first-order valence-corrected chi connectivity index (χ1v) is 8.97. The second-order valence-corrected chi connectivity index (χ2v) is 7.56. The Balaban J connectivity index is 1.83. The van der Waals surface area contributed by atoms with Crippen molar-refractivity contribution in [1.82, 2.24) is 10.2 Å². The maximum absolute atomic E-state index is 12.6. The van der Waals surface area contributed by atoms with E-state index in [4.69, 9.17) is 4.74 Å². The molecule has 2 N–H and O–H groups in total. The number of carbonyl (C=O) groups excluding carboxylic acids is 3. The molecular formula is C20H27N3O4. The van der Waals surface area contributed by atoms with Crippen LogP contribution in [0.25, 0.3) is 0 Å². The van der Waals surface area contributed by atoms with Crippen LogP contribution in [0.15, 0.2) is 36.9 Å². The maximum Gasteiger partial charge on any atom is 0.407 e. The van der Waals surface area contributed by atoms with Crippen molar-refractivity contribution < 1.29 is 19.1 Å². The third-order valence-corrected chi connectivity index (χ3v) is 4.09. The van der Waals surface area contributed by atoms with Crippen molar-refractivity contribution in [3.8, 4) is 0 Å². The van der Waals surface area contributed by atoms with Crippen LogP contribution in [-0.4, -0.2) is 48.0 Å². The molecule has 7 nitrogen and oxygen atoms in total. The minimum Gasteiger partial charge on any atom is -0.444 e. The quantitative estimate of drug-likeness (QED) is 0.777. The molecule has 0 radical (unpaired) electrons. The Kier molecular flexibility index (Phi) is 6.60. The number of nitrogens with one attached hydrogen (secondary N) is 2. The SMILES string of the molecule is C=CC(=O)Nc1ccc(C(=O)N2CCC(CNC(=O)OC(C)(C)C)C2)cc1. The third kappa shape index (κ3) is 6.44. The van der Waals surface area contributed by atoms with Gasteiger partial charge in [0.25, 0.3) is 5.91 Å². The molecule has 27 heavy (non-hydrogen) atoms. The number of ether oxygens (including phenoxy) is 1.